The number of H-pyrrole nitrogens is 1. The lowest BCUT2D eigenvalue weighted by Gasteiger charge is -2.20. The Bertz CT molecular complexity index is 1320. The highest BCUT2D eigenvalue weighted by molar-refractivity contribution is 6.05. The number of nitrogens with zero attached hydrogens (tertiary/aromatic N) is 4. The van der Waals surface area contributed by atoms with Crippen molar-refractivity contribution in [2.75, 3.05) is 4.90 Å². The molecular weight excluding hydrogens is 390 g/mol. The second-order valence-corrected chi connectivity index (χ2v) is 7.74. The zero-order valence-electron chi connectivity index (χ0n) is 18.1. The smallest absolute Gasteiger partial charge is 0.272 e. The molecule has 31 heavy (non-hydrogen) atoms. The van der Waals surface area contributed by atoms with Crippen LogP contribution in [0.15, 0.2) is 53.3 Å². The fourth-order valence-electron chi connectivity index (χ4n) is 3.45. The van der Waals surface area contributed by atoms with Gasteiger partial charge in [0, 0.05) is 16.8 Å². The monoisotopic (exact) mass is 415 g/mol. The summed E-state index contributed by atoms with van der Waals surface area (Å²) in [6.45, 7) is 7.86. The first-order chi connectivity index (χ1) is 14.9. The minimum Gasteiger partial charge on any atom is -0.272 e. The van der Waals surface area contributed by atoms with Gasteiger partial charge in [0.05, 0.1) is 6.54 Å². The van der Waals surface area contributed by atoms with Crippen LogP contribution in [0.25, 0.3) is 5.78 Å². The Hall–Kier alpha value is -3.74. The Kier molecular flexibility index (Phi) is 5.42. The highest BCUT2D eigenvalue weighted by Gasteiger charge is 2.23. The lowest BCUT2D eigenvalue weighted by Crippen LogP contribution is -2.31. The topological polar surface area (TPSA) is 83.4 Å². The van der Waals surface area contributed by atoms with Crippen molar-refractivity contribution in [3.63, 3.8) is 0 Å². The predicted molar refractivity (Wildman–Crippen MR) is 121 cm³/mol. The van der Waals surface area contributed by atoms with Crippen LogP contribution >= 0.6 is 0 Å². The number of aromatic nitrogens is 4. The van der Waals surface area contributed by atoms with Crippen molar-refractivity contribution in [2.45, 2.75) is 40.7 Å². The Morgan fingerprint density at radius 2 is 1.74 bits per heavy atom. The number of aromatic amines is 1. The first-order valence-corrected chi connectivity index (χ1v) is 10.3. The lowest BCUT2D eigenvalue weighted by atomic mass is 10.1. The van der Waals surface area contributed by atoms with Gasteiger partial charge in [-0.3, -0.25) is 19.6 Å². The third kappa shape index (κ3) is 3.99. The van der Waals surface area contributed by atoms with Gasteiger partial charge < -0.3 is 0 Å². The molecule has 0 bridgehead atoms. The number of amides is 1. The summed E-state index contributed by atoms with van der Waals surface area (Å²) in [5.74, 6) is 0.316. The third-order valence-electron chi connectivity index (χ3n) is 5.49. The summed E-state index contributed by atoms with van der Waals surface area (Å²) in [7, 11) is 0. The van der Waals surface area contributed by atoms with Crippen molar-refractivity contribution in [1.29, 1.82) is 0 Å². The van der Waals surface area contributed by atoms with E-state index < -0.39 is 0 Å². The van der Waals surface area contributed by atoms with Gasteiger partial charge in [-0.05, 0) is 50.5 Å². The molecule has 0 saturated heterocycles. The zero-order valence-corrected chi connectivity index (χ0v) is 18.1. The van der Waals surface area contributed by atoms with Gasteiger partial charge in [-0.1, -0.05) is 48.9 Å². The molecular formula is C24H25N5O2. The van der Waals surface area contributed by atoms with E-state index in [0.29, 0.717) is 23.4 Å². The van der Waals surface area contributed by atoms with Crippen molar-refractivity contribution >= 4 is 17.6 Å². The molecule has 0 unspecified atom stereocenters. The molecule has 0 aliphatic rings. The Balaban J connectivity index is 1.81. The van der Waals surface area contributed by atoms with Gasteiger partial charge in [0.15, 0.2) is 0 Å². The molecule has 2 aromatic carbocycles. The molecule has 7 heteroatoms. The number of carbonyl (C=O) groups excluding carboxylic acids is 1. The number of fused-ring (bicyclic) bond motifs is 1. The number of aryl methyl sites for hydroxylation is 3. The maximum Gasteiger partial charge on any atom is 0.277 e. The van der Waals surface area contributed by atoms with Crippen LogP contribution in [-0.2, 0) is 13.0 Å². The van der Waals surface area contributed by atoms with Crippen molar-refractivity contribution in [2.24, 2.45) is 0 Å². The van der Waals surface area contributed by atoms with Crippen molar-refractivity contribution in [1.82, 2.24) is 19.6 Å². The highest BCUT2D eigenvalue weighted by atomic mass is 16.2. The fraction of sp³-hybridized carbons (Fsp3) is 0.250. The molecule has 0 atom stereocenters. The maximum atomic E-state index is 13.5. The van der Waals surface area contributed by atoms with Gasteiger partial charge in [-0.15, -0.1) is 0 Å². The average molecular weight is 415 g/mol. The molecule has 158 valence electrons. The fourth-order valence-corrected chi connectivity index (χ4v) is 3.45. The van der Waals surface area contributed by atoms with Crippen molar-refractivity contribution < 1.29 is 4.79 Å². The van der Waals surface area contributed by atoms with Gasteiger partial charge in [0.1, 0.15) is 0 Å². The number of benzene rings is 2. The molecule has 4 aromatic rings. The molecule has 0 aliphatic heterocycles. The van der Waals surface area contributed by atoms with Crippen LogP contribution in [0, 0.1) is 20.8 Å². The van der Waals surface area contributed by atoms with Crippen LogP contribution < -0.4 is 10.5 Å². The van der Waals surface area contributed by atoms with Crippen LogP contribution in [0.1, 0.15) is 45.2 Å². The van der Waals surface area contributed by atoms with Crippen LogP contribution in [-0.4, -0.2) is 25.5 Å². The van der Waals surface area contributed by atoms with Crippen LogP contribution in [0.3, 0.4) is 0 Å². The number of hydrogen-bond donors (Lipinski definition) is 1. The Morgan fingerprint density at radius 3 is 2.42 bits per heavy atom. The van der Waals surface area contributed by atoms with Gasteiger partial charge >= 0.3 is 0 Å². The van der Waals surface area contributed by atoms with Crippen LogP contribution in [0.5, 0.6) is 0 Å². The van der Waals surface area contributed by atoms with E-state index in [0.717, 1.165) is 17.5 Å². The molecule has 0 radical (unpaired) electrons. The minimum atomic E-state index is -0.225. The molecule has 2 heterocycles. The molecule has 0 aliphatic carbocycles. The Labute approximate surface area is 180 Å². The summed E-state index contributed by atoms with van der Waals surface area (Å²) in [6, 6.07) is 15.6. The van der Waals surface area contributed by atoms with Gasteiger partial charge in [0.25, 0.3) is 17.2 Å². The SMILES string of the molecule is CCc1ccc(CN(C(=O)c2cccc(C)c2)c2nc3nc(C)c(C)c(=O)n3[nH]2)cc1. The quantitative estimate of drug-likeness (QED) is 0.538. The van der Waals surface area contributed by atoms with Crippen LogP contribution in [0.2, 0.25) is 0 Å². The van der Waals surface area contributed by atoms with Crippen LogP contribution in [0.4, 0.5) is 5.95 Å². The van der Waals surface area contributed by atoms with Gasteiger partial charge in [-0.25, -0.2) is 4.98 Å². The number of nitrogens with one attached hydrogen (secondary N) is 1. The van der Waals surface area contributed by atoms with E-state index in [-0.39, 0.29) is 23.2 Å². The first-order valence-electron chi connectivity index (χ1n) is 10.3. The highest BCUT2D eigenvalue weighted by Crippen LogP contribution is 2.19. The van der Waals surface area contributed by atoms with E-state index in [2.05, 4.69) is 34.1 Å². The molecule has 0 fully saturated rings. The second kappa shape index (κ2) is 8.18. The molecule has 2 aromatic heterocycles. The lowest BCUT2D eigenvalue weighted by molar-refractivity contribution is 0.0983. The number of carbonyl (C=O) groups is 1. The molecule has 0 saturated carbocycles. The first kappa shape index (κ1) is 20.5. The largest absolute Gasteiger partial charge is 0.277 e. The molecule has 0 spiro atoms. The minimum absolute atomic E-state index is 0.205. The van der Waals surface area contributed by atoms with E-state index in [1.807, 2.05) is 37.3 Å². The summed E-state index contributed by atoms with van der Waals surface area (Å²) in [6.07, 6.45) is 0.947. The average Bonchev–Trinajstić information content (AvgIpc) is 3.19. The van der Waals surface area contributed by atoms with Gasteiger partial charge in [0.2, 0.25) is 5.95 Å². The van der Waals surface area contributed by atoms with Crippen molar-refractivity contribution in [3.8, 4) is 0 Å². The van der Waals surface area contributed by atoms with E-state index in [4.69, 9.17) is 0 Å². The summed E-state index contributed by atoms with van der Waals surface area (Å²) in [5, 5.41) is 2.98. The maximum absolute atomic E-state index is 13.5. The number of hydrogen-bond acceptors (Lipinski definition) is 4. The standard InChI is InChI=1S/C24H25N5O2/c1-5-18-9-11-19(12-10-18)14-28(22(31)20-8-6-7-15(2)13-20)24-26-23-25-17(4)16(3)21(30)29(23)27-24/h6-13H,5,14H2,1-4H3,(H,25,26,27). The summed E-state index contributed by atoms with van der Waals surface area (Å²) in [4.78, 5) is 36.5. The van der Waals surface area contributed by atoms with E-state index in [9.17, 15) is 9.59 Å². The van der Waals surface area contributed by atoms with Gasteiger partial charge in [-0.2, -0.15) is 9.50 Å². The van der Waals surface area contributed by atoms with Crippen molar-refractivity contribution in [3.05, 3.63) is 92.4 Å². The summed E-state index contributed by atoms with van der Waals surface area (Å²) >= 11 is 0. The van der Waals surface area contributed by atoms with E-state index >= 15 is 0 Å². The molecule has 4 rings (SSSR count). The third-order valence-corrected chi connectivity index (χ3v) is 5.49. The Morgan fingerprint density at radius 1 is 1.03 bits per heavy atom. The number of rotatable bonds is 5. The number of anilines is 1. The molecule has 7 nitrogen and oxygen atoms in total. The predicted octanol–water partition coefficient (Wildman–Crippen LogP) is 3.75. The summed E-state index contributed by atoms with van der Waals surface area (Å²) in [5.41, 5.74) is 4.67. The normalized spacial score (nSPS) is 11.1. The zero-order chi connectivity index (χ0) is 22.1. The summed E-state index contributed by atoms with van der Waals surface area (Å²) < 4.78 is 1.29. The second-order valence-electron chi connectivity index (χ2n) is 7.74. The van der Waals surface area contributed by atoms with E-state index in [1.54, 1.807) is 24.8 Å². The molecule has 1 amide bonds. The van der Waals surface area contributed by atoms with E-state index in [1.165, 1.54) is 10.1 Å². The molecule has 1 N–H and O–H groups in total.